The number of nitrogens with zero attached hydrogens (tertiary/aromatic N) is 5. The van der Waals surface area contributed by atoms with Crippen LogP contribution in [0.2, 0.25) is 0 Å². The number of aromatic carboxylic acids is 1. The highest BCUT2D eigenvalue weighted by atomic mass is 19.1. The van der Waals surface area contributed by atoms with Gasteiger partial charge >= 0.3 is 17.7 Å². The van der Waals surface area contributed by atoms with E-state index in [2.05, 4.69) is 10.4 Å². The molecule has 196 valence electrons. The number of carboxylic acids is 1. The number of carbonyl (C=O) groups is 2. The number of carboxylic acid groups (broad SMARTS) is 1. The molecule has 37 heavy (non-hydrogen) atoms. The number of anilines is 1. The zero-order valence-electron chi connectivity index (χ0n) is 20.6. The van der Waals surface area contributed by atoms with Gasteiger partial charge in [0.2, 0.25) is 0 Å². The Morgan fingerprint density at radius 3 is 2.57 bits per heavy atom. The summed E-state index contributed by atoms with van der Waals surface area (Å²) in [5.74, 6) is -1.76. The molecule has 1 saturated carbocycles. The maximum Gasteiger partial charge on any atom is 0.377 e. The summed E-state index contributed by atoms with van der Waals surface area (Å²) in [6.45, 7) is 2.17. The number of aromatic nitrogens is 4. The van der Waals surface area contributed by atoms with E-state index in [9.17, 15) is 23.9 Å². The number of para-hydroxylation sites is 1. The predicted octanol–water partition coefficient (Wildman–Crippen LogP) is 3.87. The minimum Gasteiger partial charge on any atom is -0.496 e. The summed E-state index contributed by atoms with van der Waals surface area (Å²) in [4.78, 5) is 40.2. The van der Waals surface area contributed by atoms with Gasteiger partial charge in [-0.25, -0.2) is 18.8 Å². The minimum atomic E-state index is -1.22. The van der Waals surface area contributed by atoms with Crippen LogP contribution in [-0.4, -0.2) is 56.7 Å². The third kappa shape index (κ3) is 5.18. The van der Waals surface area contributed by atoms with Gasteiger partial charge in [-0.2, -0.15) is 4.68 Å². The zero-order chi connectivity index (χ0) is 26.5. The molecule has 0 unspecified atom stereocenters. The molecule has 0 atom stereocenters. The zero-order valence-corrected chi connectivity index (χ0v) is 20.6. The first-order chi connectivity index (χ1) is 17.9. The van der Waals surface area contributed by atoms with Crippen molar-refractivity contribution in [2.45, 2.75) is 51.5 Å². The Morgan fingerprint density at radius 1 is 1.14 bits per heavy atom. The summed E-state index contributed by atoms with van der Waals surface area (Å²) >= 11 is 0. The number of benzene rings is 2. The molecule has 2 aromatic carbocycles. The maximum atomic E-state index is 14.8. The van der Waals surface area contributed by atoms with E-state index in [1.54, 1.807) is 6.07 Å². The van der Waals surface area contributed by atoms with Crippen molar-refractivity contribution in [3.05, 3.63) is 58.3 Å². The molecule has 1 aromatic heterocycles. The molecule has 1 aliphatic rings. The van der Waals surface area contributed by atoms with Crippen molar-refractivity contribution in [3.8, 4) is 17.2 Å². The molecular weight excluding hydrogens is 485 g/mol. The SMILES string of the molecule is CCCOc1cccc(F)c1-n1nnn(C(=O)N(c2ccc(OC)c(C(=O)O)c2)C2CCCCC2)c1=O. The van der Waals surface area contributed by atoms with Gasteiger partial charge in [0.25, 0.3) is 0 Å². The molecule has 1 aliphatic carbocycles. The van der Waals surface area contributed by atoms with E-state index in [-0.39, 0.29) is 41.1 Å². The number of hydrogen-bond acceptors (Lipinski definition) is 7. The molecule has 1 heterocycles. The van der Waals surface area contributed by atoms with Crippen LogP contribution in [-0.2, 0) is 0 Å². The van der Waals surface area contributed by atoms with Crippen molar-refractivity contribution >= 4 is 17.7 Å². The van der Waals surface area contributed by atoms with Gasteiger partial charge in [0.15, 0.2) is 5.82 Å². The van der Waals surface area contributed by atoms with Crippen LogP contribution in [0.1, 0.15) is 55.8 Å². The van der Waals surface area contributed by atoms with Crippen molar-refractivity contribution in [2.24, 2.45) is 0 Å². The van der Waals surface area contributed by atoms with Gasteiger partial charge in [-0.1, -0.05) is 32.3 Å². The third-order valence-electron chi connectivity index (χ3n) is 6.22. The van der Waals surface area contributed by atoms with Gasteiger partial charge in [-0.05, 0) is 60.0 Å². The summed E-state index contributed by atoms with van der Waals surface area (Å²) in [6.07, 6.45) is 4.71. The van der Waals surface area contributed by atoms with E-state index >= 15 is 0 Å². The fourth-order valence-electron chi connectivity index (χ4n) is 4.47. The molecule has 1 fully saturated rings. The standard InChI is InChI=1S/C25H28FN5O6/c1-3-14-37-21-11-7-10-19(26)22(21)30-25(35)31(28-27-30)24(34)29(16-8-5-4-6-9-16)17-12-13-20(36-2)18(15-17)23(32)33/h7,10-13,15-16H,3-6,8-9,14H2,1-2H3,(H,32,33). The fourth-order valence-corrected chi connectivity index (χ4v) is 4.47. The lowest BCUT2D eigenvalue weighted by atomic mass is 9.94. The van der Waals surface area contributed by atoms with Crippen LogP contribution < -0.4 is 20.1 Å². The van der Waals surface area contributed by atoms with E-state index in [1.165, 1.54) is 36.3 Å². The summed E-state index contributed by atoms with van der Waals surface area (Å²) in [6, 6.07) is 7.32. The predicted molar refractivity (Wildman–Crippen MR) is 131 cm³/mol. The first kappa shape index (κ1) is 25.9. The number of hydrogen-bond donors (Lipinski definition) is 1. The molecule has 0 spiro atoms. The lowest BCUT2D eigenvalue weighted by Gasteiger charge is -2.33. The molecule has 1 amide bonds. The Morgan fingerprint density at radius 2 is 1.89 bits per heavy atom. The first-order valence-corrected chi connectivity index (χ1v) is 12.1. The van der Waals surface area contributed by atoms with Gasteiger partial charge in [-0.3, -0.25) is 4.90 Å². The largest absolute Gasteiger partial charge is 0.496 e. The lowest BCUT2D eigenvalue weighted by molar-refractivity contribution is 0.0693. The summed E-state index contributed by atoms with van der Waals surface area (Å²) in [7, 11) is 1.35. The molecule has 4 rings (SSSR count). The number of tetrazole rings is 1. The highest BCUT2D eigenvalue weighted by Crippen LogP contribution is 2.31. The van der Waals surface area contributed by atoms with E-state index < -0.39 is 23.5 Å². The normalized spacial score (nSPS) is 13.8. The van der Waals surface area contributed by atoms with Crippen LogP contribution in [0, 0.1) is 5.82 Å². The van der Waals surface area contributed by atoms with E-state index in [0.717, 1.165) is 25.3 Å². The van der Waals surface area contributed by atoms with Gasteiger partial charge in [0.1, 0.15) is 22.7 Å². The average molecular weight is 514 g/mol. The monoisotopic (exact) mass is 513 g/mol. The molecule has 11 nitrogen and oxygen atoms in total. The number of halogens is 1. The summed E-state index contributed by atoms with van der Waals surface area (Å²) < 4.78 is 26.7. The van der Waals surface area contributed by atoms with Crippen LogP contribution in [0.3, 0.4) is 0 Å². The number of methoxy groups -OCH3 is 1. The molecule has 1 N–H and O–H groups in total. The Labute approximate surface area is 212 Å². The van der Waals surface area contributed by atoms with E-state index in [1.807, 2.05) is 6.92 Å². The van der Waals surface area contributed by atoms with Gasteiger partial charge < -0.3 is 14.6 Å². The second-order valence-corrected chi connectivity index (χ2v) is 8.65. The topological polar surface area (TPSA) is 129 Å². The van der Waals surface area contributed by atoms with Crippen LogP contribution in [0.5, 0.6) is 11.5 Å². The van der Waals surface area contributed by atoms with Gasteiger partial charge in [0.05, 0.1) is 13.7 Å². The van der Waals surface area contributed by atoms with Crippen molar-refractivity contribution in [2.75, 3.05) is 18.6 Å². The van der Waals surface area contributed by atoms with Crippen LogP contribution >= 0.6 is 0 Å². The third-order valence-corrected chi connectivity index (χ3v) is 6.22. The van der Waals surface area contributed by atoms with Crippen molar-refractivity contribution in [1.29, 1.82) is 0 Å². The number of carbonyl (C=O) groups excluding carboxylic acids is 1. The Kier molecular flexibility index (Phi) is 7.85. The maximum absolute atomic E-state index is 14.8. The quantitative estimate of drug-likeness (QED) is 0.450. The molecule has 3 aromatic rings. The smallest absolute Gasteiger partial charge is 0.377 e. The highest BCUT2D eigenvalue weighted by Gasteiger charge is 2.32. The Hall–Kier alpha value is -4.22. The molecule has 0 saturated heterocycles. The van der Waals surface area contributed by atoms with E-state index in [4.69, 9.17) is 9.47 Å². The van der Waals surface area contributed by atoms with Crippen molar-refractivity contribution < 1.29 is 28.6 Å². The number of amides is 1. The van der Waals surface area contributed by atoms with Crippen molar-refractivity contribution in [3.63, 3.8) is 0 Å². The van der Waals surface area contributed by atoms with Crippen molar-refractivity contribution in [1.82, 2.24) is 19.8 Å². The van der Waals surface area contributed by atoms with Crippen LogP contribution in [0.4, 0.5) is 14.9 Å². The lowest BCUT2D eigenvalue weighted by Crippen LogP contribution is -2.47. The van der Waals surface area contributed by atoms with Gasteiger partial charge in [-0.15, -0.1) is 4.68 Å². The molecule has 0 bridgehead atoms. The summed E-state index contributed by atoms with van der Waals surface area (Å²) in [5.41, 5.74) is -1.09. The Bertz CT molecular complexity index is 1350. The number of rotatable bonds is 8. The van der Waals surface area contributed by atoms with Gasteiger partial charge in [0, 0.05) is 11.7 Å². The summed E-state index contributed by atoms with van der Waals surface area (Å²) in [5, 5.41) is 17.2. The number of ether oxygens (including phenoxy) is 2. The first-order valence-electron chi connectivity index (χ1n) is 12.1. The minimum absolute atomic E-state index is 0.0915. The average Bonchev–Trinajstić information content (AvgIpc) is 3.28. The Balaban J connectivity index is 1.79. The second-order valence-electron chi connectivity index (χ2n) is 8.65. The fraction of sp³-hybridized carbons (Fsp3) is 0.400. The molecule has 12 heteroatoms. The van der Waals surface area contributed by atoms with Crippen LogP contribution in [0.15, 0.2) is 41.2 Å². The molecule has 0 aliphatic heterocycles. The second kappa shape index (κ2) is 11.2. The highest BCUT2D eigenvalue weighted by molar-refractivity contribution is 5.97. The molecular formula is C25H28FN5O6. The van der Waals surface area contributed by atoms with Crippen LogP contribution in [0.25, 0.3) is 5.69 Å². The van der Waals surface area contributed by atoms with E-state index in [0.29, 0.717) is 28.6 Å². The molecule has 0 radical (unpaired) electrons.